The van der Waals surface area contributed by atoms with Crippen LogP contribution >= 0.6 is 0 Å². The van der Waals surface area contributed by atoms with Crippen molar-refractivity contribution in [1.82, 2.24) is 10.3 Å². The summed E-state index contributed by atoms with van der Waals surface area (Å²) in [5, 5.41) is 2.53. The van der Waals surface area contributed by atoms with E-state index in [1.165, 1.54) is 12.3 Å². The number of rotatable bonds is 3. The van der Waals surface area contributed by atoms with Gasteiger partial charge in [0.2, 0.25) is 5.91 Å². The summed E-state index contributed by atoms with van der Waals surface area (Å²) in [6, 6.07) is 9.49. The van der Waals surface area contributed by atoms with E-state index in [1.807, 2.05) is 0 Å². The van der Waals surface area contributed by atoms with Gasteiger partial charge in [0.15, 0.2) is 0 Å². The third-order valence-corrected chi connectivity index (χ3v) is 2.80. The summed E-state index contributed by atoms with van der Waals surface area (Å²) in [6.07, 6.45) is 1.45. The van der Waals surface area contributed by atoms with Crippen LogP contribution < -0.4 is 16.6 Å². The van der Waals surface area contributed by atoms with Gasteiger partial charge in [-0.2, -0.15) is 0 Å². The fourth-order valence-electron chi connectivity index (χ4n) is 1.68. The minimum absolute atomic E-state index is 0.0371. The summed E-state index contributed by atoms with van der Waals surface area (Å²) in [5.74, 6) is 4.60. The van der Waals surface area contributed by atoms with E-state index in [0.717, 1.165) is 0 Å². The average Bonchev–Trinajstić information content (AvgIpc) is 2.52. The molecular weight excluding hydrogens is 282 g/mol. The van der Waals surface area contributed by atoms with Crippen LogP contribution in [-0.2, 0) is 0 Å². The van der Waals surface area contributed by atoms with Crippen LogP contribution in [0.2, 0.25) is 0 Å². The number of amides is 2. The molecule has 22 heavy (non-hydrogen) atoms. The highest BCUT2D eigenvalue weighted by Crippen LogP contribution is 2.01. The Morgan fingerprint density at radius 2 is 1.91 bits per heavy atom. The van der Waals surface area contributed by atoms with Crippen LogP contribution in [0.3, 0.4) is 0 Å². The standard InChI is InChI=1S/C16H13N3O3/c17-14(20)12-7-5-11(6-8-12)3-1-9-18-15(21)13-4-2-10-19-16(13)22/h2,4-8,10H,9H2,(H2,17,20)(H,18,21)(H,19,22). The predicted molar refractivity (Wildman–Crippen MR) is 81.2 cm³/mol. The molecule has 1 heterocycles. The van der Waals surface area contributed by atoms with E-state index >= 15 is 0 Å². The van der Waals surface area contributed by atoms with Gasteiger partial charge in [-0.25, -0.2) is 0 Å². The van der Waals surface area contributed by atoms with E-state index in [2.05, 4.69) is 22.1 Å². The zero-order valence-corrected chi connectivity index (χ0v) is 11.6. The van der Waals surface area contributed by atoms with Crippen molar-refractivity contribution >= 4 is 11.8 Å². The van der Waals surface area contributed by atoms with Crippen LogP contribution in [-0.4, -0.2) is 23.3 Å². The lowest BCUT2D eigenvalue weighted by Crippen LogP contribution is -2.29. The molecule has 2 amide bonds. The molecule has 0 fully saturated rings. The first kappa shape index (κ1) is 15.1. The van der Waals surface area contributed by atoms with Crippen LogP contribution in [0.1, 0.15) is 26.3 Å². The first-order chi connectivity index (χ1) is 10.6. The quantitative estimate of drug-likeness (QED) is 0.707. The Morgan fingerprint density at radius 1 is 1.18 bits per heavy atom. The second-order valence-corrected chi connectivity index (χ2v) is 4.34. The zero-order chi connectivity index (χ0) is 15.9. The van der Waals surface area contributed by atoms with E-state index in [4.69, 9.17) is 5.73 Å². The van der Waals surface area contributed by atoms with E-state index in [9.17, 15) is 14.4 Å². The monoisotopic (exact) mass is 295 g/mol. The second-order valence-electron chi connectivity index (χ2n) is 4.34. The van der Waals surface area contributed by atoms with E-state index in [-0.39, 0.29) is 12.1 Å². The highest BCUT2D eigenvalue weighted by Gasteiger charge is 2.07. The van der Waals surface area contributed by atoms with E-state index in [1.54, 1.807) is 30.3 Å². The molecule has 0 aliphatic carbocycles. The average molecular weight is 295 g/mol. The molecule has 2 aromatic rings. The van der Waals surface area contributed by atoms with Gasteiger partial charge in [0.1, 0.15) is 5.56 Å². The molecule has 0 saturated heterocycles. The number of nitrogens with two attached hydrogens (primary N) is 1. The number of hydrogen-bond acceptors (Lipinski definition) is 3. The Labute approximate surface area is 126 Å². The summed E-state index contributed by atoms with van der Waals surface area (Å²) in [6.45, 7) is 0.102. The minimum atomic E-state index is -0.500. The number of aromatic amines is 1. The molecule has 2 rings (SSSR count). The number of carbonyl (C=O) groups is 2. The lowest BCUT2D eigenvalue weighted by atomic mass is 10.1. The van der Waals surface area contributed by atoms with Crippen molar-refractivity contribution in [2.75, 3.05) is 6.54 Å². The maximum atomic E-state index is 11.7. The number of hydrogen-bond donors (Lipinski definition) is 3. The lowest BCUT2D eigenvalue weighted by molar-refractivity contribution is 0.0955. The van der Waals surface area contributed by atoms with Crippen molar-refractivity contribution in [3.05, 3.63) is 69.6 Å². The molecule has 0 aliphatic rings. The number of pyridine rings is 1. The topological polar surface area (TPSA) is 105 Å². The first-order valence-electron chi connectivity index (χ1n) is 6.42. The van der Waals surface area contributed by atoms with Crippen LogP contribution in [0.15, 0.2) is 47.4 Å². The SMILES string of the molecule is NC(=O)c1ccc(C#CCNC(=O)c2ccc[nH]c2=O)cc1. The second kappa shape index (κ2) is 6.90. The van der Waals surface area contributed by atoms with Gasteiger partial charge in [0.05, 0.1) is 6.54 Å². The Bertz CT molecular complexity index is 811. The third-order valence-electron chi connectivity index (χ3n) is 2.80. The number of primary amides is 1. The summed E-state index contributed by atoms with van der Waals surface area (Å²) < 4.78 is 0. The summed E-state index contributed by atoms with van der Waals surface area (Å²) in [5.41, 5.74) is 5.82. The molecular formula is C16H13N3O3. The number of H-pyrrole nitrogens is 1. The zero-order valence-electron chi connectivity index (χ0n) is 11.6. The van der Waals surface area contributed by atoms with Crippen molar-refractivity contribution < 1.29 is 9.59 Å². The van der Waals surface area contributed by atoms with Gasteiger partial charge in [-0.15, -0.1) is 0 Å². The highest BCUT2D eigenvalue weighted by atomic mass is 16.2. The van der Waals surface area contributed by atoms with Crippen molar-refractivity contribution in [1.29, 1.82) is 0 Å². The maximum Gasteiger partial charge on any atom is 0.260 e. The van der Waals surface area contributed by atoms with Gasteiger partial charge in [-0.05, 0) is 36.4 Å². The molecule has 1 aromatic heterocycles. The largest absolute Gasteiger partial charge is 0.366 e. The van der Waals surface area contributed by atoms with Gasteiger partial charge in [-0.1, -0.05) is 11.8 Å². The van der Waals surface area contributed by atoms with Crippen molar-refractivity contribution in [2.45, 2.75) is 0 Å². The van der Waals surface area contributed by atoms with Gasteiger partial charge in [0, 0.05) is 17.3 Å². The van der Waals surface area contributed by atoms with Crippen molar-refractivity contribution in [2.24, 2.45) is 5.73 Å². The highest BCUT2D eigenvalue weighted by molar-refractivity contribution is 5.94. The Kier molecular flexibility index (Phi) is 4.73. The number of benzene rings is 1. The number of aromatic nitrogens is 1. The summed E-state index contributed by atoms with van der Waals surface area (Å²) in [4.78, 5) is 36.5. The molecule has 0 spiro atoms. The Hall–Kier alpha value is -3.33. The first-order valence-corrected chi connectivity index (χ1v) is 6.42. The normalized spacial score (nSPS) is 9.45. The van der Waals surface area contributed by atoms with Crippen LogP contribution in [0, 0.1) is 11.8 Å². The van der Waals surface area contributed by atoms with Gasteiger partial charge < -0.3 is 16.0 Å². The molecule has 0 saturated carbocycles. The molecule has 1 aromatic carbocycles. The number of nitrogens with one attached hydrogen (secondary N) is 2. The Balaban J connectivity index is 1.94. The molecule has 0 aliphatic heterocycles. The number of carbonyl (C=O) groups excluding carboxylic acids is 2. The van der Waals surface area contributed by atoms with Crippen molar-refractivity contribution in [3.63, 3.8) is 0 Å². The molecule has 0 unspecified atom stereocenters. The smallest absolute Gasteiger partial charge is 0.260 e. The molecule has 0 atom stereocenters. The maximum absolute atomic E-state index is 11.7. The fourth-order valence-corrected chi connectivity index (χ4v) is 1.68. The molecule has 110 valence electrons. The van der Waals surface area contributed by atoms with Gasteiger partial charge in [-0.3, -0.25) is 14.4 Å². The van der Waals surface area contributed by atoms with E-state index in [0.29, 0.717) is 11.1 Å². The predicted octanol–water partition coefficient (Wildman–Crippen LogP) is 0.255. The van der Waals surface area contributed by atoms with Crippen LogP contribution in [0.5, 0.6) is 0 Å². The van der Waals surface area contributed by atoms with Crippen molar-refractivity contribution in [3.8, 4) is 11.8 Å². The Morgan fingerprint density at radius 3 is 2.55 bits per heavy atom. The van der Waals surface area contributed by atoms with Gasteiger partial charge >= 0.3 is 0 Å². The van der Waals surface area contributed by atoms with Gasteiger partial charge in [0.25, 0.3) is 11.5 Å². The molecule has 4 N–H and O–H groups in total. The third kappa shape index (κ3) is 3.84. The molecule has 6 heteroatoms. The minimum Gasteiger partial charge on any atom is -0.366 e. The molecule has 0 bridgehead atoms. The van der Waals surface area contributed by atoms with Crippen LogP contribution in [0.25, 0.3) is 0 Å². The van der Waals surface area contributed by atoms with E-state index < -0.39 is 17.4 Å². The molecule has 6 nitrogen and oxygen atoms in total. The molecule has 0 radical (unpaired) electrons. The summed E-state index contributed by atoms with van der Waals surface area (Å²) in [7, 11) is 0. The van der Waals surface area contributed by atoms with Crippen LogP contribution in [0.4, 0.5) is 0 Å². The summed E-state index contributed by atoms with van der Waals surface area (Å²) >= 11 is 0. The fraction of sp³-hybridized carbons (Fsp3) is 0.0625. The lowest BCUT2D eigenvalue weighted by Gasteiger charge is -1.99.